The quantitative estimate of drug-likeness (QED) is 0.728. The number of hydrogen-bond donors (Lipinski definition) is 2. The number of nitrogens with zero attached hydrogens (tertiary/aromatic N) is 2. The van der Waals surface area contributed by atoms with Gasteiger partial charge in [-0.3, -0.25) is 9.69 Å². The Morgan fingerprint density at radius 3 is 2.62 bits per heavy atom. The lowest BCUT2D eigenvalue weighted by atomic mass is 10.2. The largest absolute Gasteiger partial charge is 0.449 e. The molecule has 3 rings (SSSR count). The van der Waals surface area contributed by atoms with Gasteiger partial charge in [0.15, 0.2) is 0 Å². The molecular weight excluding hydrogens is 345 g/mol. The van der Waals surface area contributed by atoms with Gasteiger partial charge in [-0.1, -0.05) is 30.3 Å². The summed E-state index contributed by atoms with van der Waals surface area (Å²) >= 11 is 0. The molecule has 2 aromatic carbocycles. The second kappa shape index (κ2) is 7.17. The average molecular weight is 362 g/mol. The fraction of sp³-hybridized carbons (Fsp3) is 0.222. The molecule has 0 aliphatic carbocycles. The van der Waals surface area contributed by atoms with E-state index in [2.05, 4.69) is 15.3 Å². The number of nitrogens with one attached hydrogen (secondary N) is 2. The number of aromatic nitrogens is 2. The standard InChI is InChI=1S/C18H17F3N4O/c1-25(10-12-5-3-2-4-6-12)11-16(26)22-13-7-8-14-15(9-13)24-17(23-14)18(19,20)21/h2-9H,10-11H2,1H3,(H,22,26)(H,23,24). The molecule has 0 spiro atoms. The van der Waals surface area contributed by atoms with Gasteiger partial charge >= 0.3 is 6.18 Å². The van der Waals surface area contributed by atoms with Gasteiger partial charge in [-0.15, -0.1) is 0 Å². The summed E-state index contributed by atoms with van der Waals surface area (Å²) in [7, 11) is 1.82. The summed E-state index contributed by atoms with van der Waals surface area (Å²) in [5.41, 5.74) is 1.90. The predicted octanol–water partition coefficient (Wildman–Crippen LogP) is 3.65. The molecule has 0 radical (unpaired) electrons. The van der Waals surface area contributed by atoms with Gasteiger partial charge in [-0.2, -0.15) is 13.2 Å². The van der Waals surface area contributed by atoms with E-state index in [0.29, 0.717) is 12.2 Å². The minimum Gasteiger partial charge on any atom is -0.334 e. The van der Waals surface area contributed by atoms with Crippen LogP contribution in [-0.4, -0.2) is 34.4 Å². The van der Waals surface area contributed by atoms with Crippen LogP contribution in [0.25, 0.3) is 11.0 Å². The molecule has 1 aromatic heterocycles. The molecule has 0 saturated heterocycles. The maximum Gasteiger partial charge on any atom is 0.449 e. The number of H-pyrrole nitrogens is 1. The number of likely N-dealkylation sites (N-methyl/N-ethyl adjacent to an activating group) is 1. The van der Waals surface area contributed by atoms with E-state index in [4.69, 9.17) is 0 Å². The summed E-state index contributed by atoms with van der Waals surface area (Å²) in [6.07, 6.45) is -4.54. The highest BCUT2D eigenvalue weighted by Crippen LogP contribution is 2.29. The number of halogens is 3. The van der Waals surface area contributed by atoms with Crippen molar-refractivity contribution in [3.05, 3.63) is 59.9 Å². The van der Waals surface area contributed by atoms with E-state index in [9.17, 15) is 18.0 Å². The van der Waals surface area contributed by atoms with Crippen molar-refractivity contribution in [1.29, 1.82) is 0 Å². The summed E-state index contributed by atoms with van der Waals surface area (Å²) in [4.78, 5) is 19.7. The minimum atomic E-state index is -4.54. The van der Waals surface area contributed by atoms with E-state index in [-0.39, 0.29) is 23.5 Å². The van der Waals surface area contributed by atoms with E-state index in [0.717, 1.165) is 5.56 Å². The number of imidazole rings is 1. The highest BCUT2D eigenvalue weighted by molar-refractivity contribution is 5.94. The Kier molecular flexibility index (Phi) is 4.94. The van der Waals surface area contributed by atoms with Gasteiger partial charge in [0.25, 0.3) is 0 Å². The van der Waals surface area contributed by atoms with Gasteiger partial charge in [0.2, 0.25) is 11.7 Å². The Morgan fingerprint density at radius 1 is 1.19 bits per heavy atom. The van der Waals surface area contributed by atoms with Gasteiger partial charge in [0, 0.05) is 12.2 Å². The maximum absolute atomic E-state index is 12.7. The van der Waals surface area contributed by atoms with Crippen LogP contribution < -0.4 is 5.32 Å². The zero-order valence-corrected chi connectivity index (χ0v) is 14.0. The highest BCUT2D eigenvalue weighted by Gasteiger charge is 2.34. The molecule has 1 heterocycles. The molecule has 136 valence electrons. The molecule has 3 aromatic rings. The van der Waals surface area contributed by atoms with Crippen LogP contribution in [0, 0.1) is 0 Å². The molecule has 26 heavy (non-hydrogen) atoms. The molecule has 2 N–H and O–H groups in total. The van der Waals surface area contributed by atoms with Crippen molar-refractivity contribution in [2.24, 2.45) is 0 Å². The summed E-state index contributed by atoms with van der Waals surface area (Å²) in [5, 5.41) is 2.69. The Balaban J connectivity index is 1.63. The number of carbonyl (C=O) groups is 1. The second-order valence-corrected chi connectivity index (χ2v) is 6.02. The number of anilines is 1. The van der Waals surface area contributed by atoms with Crippen molar-refractivity contribution in [3.63, 3.8) is 0 Å². The fourth-order valence-electron chi connectivity index (χ4n) is 2.62. The van der Waals surface area contributed by atoms with Crippen LogP contribution in [0.5, 0.6) is 0 Å². The zero-order chi connectivity index (χ0) is 18.7. The molecule has 0 saturated carbocycles. The van der Waals surface area contributed by atoms with Crippen molar-refractivity contribution < 1.29 is 18.0 Å². The van der Waals surface area contributed by atoms with Gasteiger partial charge < -0.3 is 10.3 Å². The second-order valence-electron chi connectivity index (χ2n) is 6.02. The van der Waals surface area contributed by atoms with E-state index >= 15 is 0 Å². The molecule has 0 fully saturated rings. The fourth-order valence-corrected chi connectivity index (χ4v) is 2.62. The third kappa shape index (κ3) is 4.40. The number of amides is 1. The molecule has 0 aliphatic rings. The normalized spacial score (nSPS) is 11.9. The van der Waals surface area contributed by atoms with E-state index in [1.54, 1.807) is 0 Å². The number of hydrogen-bond acceptors (Lipinski definition) is 3. The molecule has 5 nitrogen and oxygen atoms in total. The SMILES string of the molecule is CN(CC(=O)Nc1ccc2nc(C(F)(F)F)[nH]c2c1)Cc1ccccc1. The van der Waals surface area contributed by atoms with Crippen LogP contribution in [0.1, 0.15) is 11.4 Å². The Hall–Kier alpha value is -2.87. The zero-order valence-electron chi connectivity index (χ0n) is 14.0. The number of fused-ring (bicyclic) bond motifs is 1. The van der Waals surface area contributed by atoms with Crippen molar-refractivity contribution in [2.45, 2.75) is 12.7 Å². The van der Waals surface area contributed by atoms with Crippen molar-refractivity contribution in [1.82, 2.24) is 14.9 Å². The Morgan fingerprint density at radius 2 is 1.92 bits per heavy atom. The molecule has 0 bridgehead atoms. The Labute approximate surface area is 147 Å². The van der Waals surface area contributed by atoms with Gasteiger partial charge in [-0.05, 0) is 30.8 Å². The molecule has 0 atom stereocenters. The predicted molar refractivity (Wildman–Crippen MR) is 92.5 cm³/mol. The van der Waals surface area contributed by atoms with Crippen LogP contribution in [0.3, 0.4) is 0 Å². The number of aromatic amines is 1. The summed E-state index contributed by atoms with van der Waals surface area (Å²) in [5.74, 6) is -1.31. The molecule has 0 unspecified atom stereocenters. The van der Waals surface area contributed by atoms with Crippen LogP contribution in [0.15, 0.2) is 48.5 Å². The molecular formula is C18H17F3N4O. The first kappa shape index (κ1) is 17.9. The monoisotopic (exact) mass is 362 g/mol. The number of alkyl halides is 3. The highest BCUT2D eigenvalue weighted by atomic mass is 19.4. The molecule has 8 heteroatoms. The smallest absolute Gasteiger partial charge is 0.334 e. The van der Waals surface area contributed by atoms with Gasteiger partial charge in [0.05, 0.1) is 17.6 Å². The number of carbonyl (C=O) groups excluding carboxylic acids is 1. The van der Waals surface area contributed by atoms with E-state index in [1.165, 1.54) is 18.2 Å². The van der Waals surface area contributed by atoms with Crippen molar-refractivity contribution in [3.8, 4) is 0 Å². The lowest BCUT2D eigenvalue weighted by molar-refractivity contribution is -0.144. The topological polar surface area (TPSA) is 61.0 Å². The van der Waals surface area contributed by atoms with Crippen LogP contribution in [0.2, 0.25) is 0 Å². The van der Waals surface area contributed by atoms with Gasteiger partial charge in [-0.25, -0.2) is 4.98 Å². The van der Waals surface area contributed by atoms with Crippen molar-refractivity contribution in [2.75, 3.05) is 18.9 Å². The maximum atomic E-state index is 12.7. The molecule has 0 aliphatic heterocycles. The lowest BCUT2D eigenvalue weighted by Crippen LogP contribution is -2.29. The third-order valence-electron chi connectivity index (χ3n) is 3.74. The first-order chi connectivity index (χ1) is 12.3. The van der Waals surface area contributed by atoms with Crippen LogP contribution in [-0.2, 0) is 17.5 Å². The summed E-state index contributed by atoms with van der Waals surface area (Å²) < 4.78 is 38.1. The first-order valence-corrected chi connectivity index (χ1v) is 7.90. The van der Waals surface area contributed by atoms with E-state index in [1.807, 2.05) is 42.3 Å². The van der Waals surface area contributed by atoms with Crippen molar-refractivity contribution >= 4 is 22.6 Å². The van der Waals surface area contributed by atoms with Crippen LogP contribution in [0.4, 0.5) is 18.9 Å². The Bertz CT molecular complexity index is 906. The average Bonchev–Trinajstić information content (AvgIpc) is 2.99. The molecule has 1 amide bonds. The lowest BCUT2D eigenvalue weighted by Gasteiger charge is -2.16. The summed E-state index contributed by atoms with van der Waals surface area (Å²) in [6, 6.07) is 14.1. The number of rotatable bonds is 5. The first-order valence-electron chi connectivity index (χ1n) is 7.90. The minimum absolute atomic E-state index is 0.156. The third-order valence-corrected chi connectivity index (χ3v) is 3.74. The van der Waals surface area contributed by atoms with Crippen LogP contribution >= 0.6 is 0 Å². The number of benzene rings is 2. The van der Waals surface area contributed by atoms with Gasteiger partial charge in [0.1, 0.15) is 0 Å². The summed E-state index contributed by atoms with van der Waals surface area (Å²) in [6.45, 7) is 0.770. The van der Waals surface area contributed by atoms with E-state index < -0.39 is 12.0 Å².